The number of fused-ring (bicyclic) bond motifs is 1. The molecule has 0 unspecified atom stereocenters. The van der Waals surface area contributed by atoms with E-state index in [2.05, 4.69) is 20.3 Å². The molecule has 3 aromatic rings. The standard InChI is InChI=1S/C14H14N4S/c1-10-16-9-12(19-10)8-15-6-11-7-17-13-4-2-3-5-14(13)18-11/h2-5,7,9,15H,6,8H2,1H3. The van der Waals surface area contributed by atoms with Gasteiger partial charge in [-0.15, -0.1) is 11.3 Å². The molecule has 0 amide bonds. The molecule has 2 aromatic heterocycles. The Kier molecular flexibility index (Phi) is 3.48. The highest BCUT2D eigenvalue weighted by atomic mass is 32.1. The van der Waals surface area contributed by atoms with Crippen LogP contribution >= 0.6 is 11.3 Å². The molecule has 0 spiro atoms. The lowest BCUT2D eigenvalue weighted by atomic mass is 10.3. The highest BCUT2D eigenvalue weighted by Crippen LogP contribution is 2.11. The summed E-state index contributed by atoms with van der Waals surface area (Å²) < 4.78 is 0. The molecule has 3 rings (SSSR count). The Labute approximate surface area is 115 Å². The number of nitrogens with one attached hydrogen (secondary N) is 1. The van der Waals surface area contributed by atoms with Gasteiger partial charge in [-0.25, -0.2) is 9.97 Å². The monoisotopic (exact) mass is 270 g/mol. The third kappa shape index (κ3) is 2.94. The Morgan fingerprint density at radius 2 is 1.89 bits per heavy atom. The molecule has 19 heavy (non-hydrogen) atoms. The molecular formula is C14H14N4S. The van der Waals surface area contributed by atoms with Crippen molar-refractivity contribution in [2.75, 3.05) is 0 Å². The van der Waals surface area contributed by atoms with Crippen LogP contribution in [0.4, 0.5) is 0 Å². The van der Waals surface area contributed by atoms with Gasteiger partial charge in [0.2, 0.25) is 0 Å². The topological polar surface area (TPSA) is 50.7 Å². The van der Waals surface area contributed by atoms with Gasteiger partial charge in [0, 0.05) is 24.2 Å². The van der Waals surface area contributed by atoms with Crippen LogP contribution in [-0.2, 0) is 13.1 Å². The van der Waals surface area contributed by atoms with Gasteiger partial charge in [0.05, 0.1) is 27.9 Å². The van der Waals surface area contributed by atoms with E-state index < -0.39 is 0 Å². The van der Waals surface area contributed by atoms with E-state index in [4.69, 9.17) is 0 Å². The number of hydrogen-bond acceptors (Lipinski definition) is 5. The molecule has 0 aliphatic carbocycles. The van der Waals surface area contributed by atoms with Gasteiger partial charge in [-0.05, 0) is 19.1 Å². The summed E-state index contributed by atoms with van der Waals surface area (Å²) in [4.78, 5) is 14.4. The SMILES string of the molecule is Cc1ncc(CNCc2cnc3ccccc3n2)s1. The summed E-state index contributed by atoms with van der Waals surface area (Å²) in [6.45, 7) is 3.55. The number of rotatable bonds is 4. The first kappa shape index (κ1) is 12.2. The Balaban J connectivity index is 1.65. The van der Waals surface area contributed by atoms with Gasteiger partial charge in [-0.2, -0.15) is 0 Å². The maximum Gasteiger partial charge on any atom is 0.0897 e. The van der Waals surface area contributed by atoms with Crippen molar-refractivity contribution in [2.24, 2.45) is 0 Å². The largest absolute Gasteiger partial charge is 0.306 e. The van der Waals surface area contributed by atoms with Gasteiger partial charge < -0.3 is 5.32 Å². The van der Waals surface area contributed by atoms with E-state index in [1.54, 1.807) is 11.3 Å². The third-order valence-corrected chi connectivity index (χ3v) is 3.69. The van der Waals surface area contributed by atoms with Crippen LogP contribution in [-0.4, -0.2) is 15.0 Å². The molecule has 5 heteroatoms. The lowest BCUT2D eigenvalue weighted by Gasteiger charge is -2.03. The first-order valence-corrected chi connectivity index (χ1v) is 6.95. The van der Waals surface area contributed by atoms with Crippen molar-refractivity contribution in [3.05, 3.63) is 52.2 Å². The van der Waals surface area contributed by atoms with Gasteiger partial charge in [-0.3, -0.25) is 4.98 Å². The van der Waals surface area contributed by atoms with E-state index in [-0.39, 0.29) is 0 Å². The molecule has 1 aromatic carbocycles. The Morgan fingerprint density at radius 3 is 2.68 bits per heavy atom. The number of aryl methyl sites for hydroxylation is 1. The molecule has 0 saturated carbocycles. The zero-order chi connectivity index (χ0) is 13.1. The fraction of sp³-hybridized carbons (Fsp3) is 0.214. The van der Waals surface area contributed by atoms with Crippen molar-refractivity contribution in [1.82, 2.24) is 20.3 Å². The molecule has 96 valence electrons. The highest BCUT2D eigenvalue weighted by Gasteiger charge is 2.01. The average Bonchev–Trinajstić information content (AvgIpc) is 2.84. The minimum absolute atomic E-state index is 0.717. The van der Waals surface area contributed by atoms with Gasteiger partial charge in [-0.1, -0.05) is 12.1 Å². The average molecular weight is 270 g/mol. The van der Waals surface area contributed by atoms with E-state index in [0.717, 1.165) is 34.8 Å². The van der Waals surface area contributed by atoms with E-state index in [0.29, 0.717) is 0 Å². The molecule has 0 aliphatic rings. The zero-order valence-corrected chi connectivity index (χ0v) is 11.4. The third-order valence-electron chi connectivity index (χ3n) is 2.77. The minimum atomic E-state index is 0.717. The van der Waals surface area contributed by atoms with Crippen molar-refractivity contribution >= 4 is 22.4 Å². The summed E-state index contributed by atoms with van der Waals surface area (Å²) in [7, 11) is 0. The number of benzene rings is 1. The van der Waals surface area contributed by atoms with Crippen molar-refractivity contribution in [2.45, 2.75) is 20.0 Å². The van der Waals surface area contributed by atoms with Crippen LogP contribution in [0.5, 0.6) is 0 Å². The number of nitrogens with zero attached hydrogens (tertiary/aromatic N) is 3. The van der Waals surface area contributed by atoms with Crippen molar-refractivity contribution in [1.29, 1.82) is 0 Å². The molecular weight excluding hydrogens is 256 g/mol. The lowest BCUT2D eigenvalue weighted by Crippen LogP contribution is -2.13. The van der Waals surface area contributed by atoms with E-state index in [1.165, 1.54) is 4.88 Å². The van der Waals surface area contributed by atoms with Crippen LogP contribution < -0.4 is 5.32 Å². The summed E-state index contributed by atoms with van der Waals surface area (Å²) in [5.41, 5.74) is 2.83. The summed E-state index contributed by atoms with van der Waals surface area (Å²) in [5.74, 6) is 0. The molecule has 0 saturated heterocycles. The second kappa shape index (κ2) is 5.42. The van der Waals surface area contributed by atoms with Crippen LogP contribution in [0.1, 0.15) is 15.6 Å². The predicted molar refractivity (Wildman–Crippen MR) is 76.9 cm³/mol. The minimum Gasteiger partial charge on any atom is -0.306 e. The van der Waals surface area contributed by atoms with Gasteiger partial charge in [0.25, 0.3) is 0 Å². The van der Waals surface area contributed by atoms with Crippen molar-refractivity contribution in [3.8, 4) is 0 Å². The zero-order valence-electron chi connectivity index (χ0n) is 10.6. The molecule has 0 fully saturated rings. The molecule has 0 bridgehead atoms. The number of hydrogen-bond donors (Lipinski definition) is 1. The molecule has 0 atom stereocenters. The normalized spacial score (nSPS) is 11.0. The Hall–Kier alpha value is -1.85. The van der Waals surface area contributed by atoms with Gasteiger partial charge >= 0.3 is 0 Å². The van der Waals surface area contributed by atoms with Crippen molar-refractivity contribution < 1.29 is 0 Å². The second-order valence-corrected chi connectivity index (χ2v) is 5.62. The van der Waals surface area contributed by atoms with Crippen LogP contribution in [0.3, 0.4) is 0 Å². The number of aromatic nitrogens is 3. The van der Waals surface area contributed by atoms with E-state index >= 15 is 0 Å². The van der Waals surface area contributed by atoms with E-state index in [1.807, 2.05) is 43.6 Å². The Morgan fingerprint density at radius 1 is 1.05 bits per heavy atom. The summed E-state index contributed by atoms with van der Waals surface area (Å²) in [6, 6.07) is 7.91. The van der Waals surface area contributed by atoms with Crippen LogP contribution in [0.2, 0.25) is 0 Å². The number of thiazole rings is 1. The second-order valence-electron chi connectivity index (χ2n) is 4.30. The number of para-hydroxylation sites is 2. The molecule has 4 nitrogen and oxygen atoms in total. The fourth-order valence-corrected chi connectivity index (χ4v) is 2.65. The van der Waals surface area contributed by atoms with Gasteiger partial charge in [0.15, 0.2) is 0 Å². The first-order chi connectivity index (χ1) is 9.31. The molecule has 2 heterocycles. The van der Waals surface area contributed by atoms with E-state index in [9.17, 15) is 0 Å². The fourth-order valence-electron chi connectivity index (χ4n) is 1.88. The summed E-state index contributed by atoms with van der Waals surface area (Å²) in [5, 5.41) is 4.46. The summed E-state index contributed by atoms with van der Waals surface area (Å²) >= 11 is 1.72. The summed E-state index contributed by atoms with van der Waals surface area (Å²) in [6.07, 6.45) is 3.74. The molecule has 0 radical (unpaired) electrons. The van der Waals surface area contributed by atoms with Crippen molar-refractivity contribution in [3.63, 3.8) is 0 Å². The van der Waals surface area contributed by atoms with Crippen LogP contribution in [0.25, 0.3) is 11.0 Å². The van der Waals surface area contributed by atoms with Crippen LogP contribution in [0, 0.1) is 6.92 Å². The molecule has 0 aliphatic heterocycles. The first-order valence-electron chi connectivity index (χ1n) is 6.14. The lowest BCUT2D eigenvalue weighted by molar-refractivity contribution is 0.685. The highest BCUT2D eigenvalue weighted by molar-refractivity contribution is 7.11. The Bertz CT molecular complexity index is 692. The molecule has 1 N–H and O–H groups in total. The van der Waals surface area contributed by atoms with Crippen LogP contribution in [0.15, 0.2) is 36.7 Å². The van der Waals surface area contributed by atoms with Gasteiger partial charge in [0.1, 0.15) is 0 Å². The maximum atomic E-state index is 4.57. The smallest absolute Gasteiger partial charge is 0.0897 e. The predicted octanol–water partition coefficient (Wildman–Crippen LogP) is 2.68. The quantitative estimate of drug-likeness (QED) is 0.792. The maximum absolute atomic E-state index is 4.57.